The van der Waals surface area contributed by atoms with Crippen LogP contribution in [0.15, 0.2) is 58.6 Å². The number of anilines is 1. The van der Waals surface area contributed by atoms with Crippen LogP contribution in [-0.4, -0.2) is 49.5 Å². The van der Waals surface area contributed by atoms with E-state index in [9.17, 15) is 19.2 Å². The molecule has 0 bridgehead atoms. The fourth-order valence-electron chi connectivity index (χ4n) is 3.67. The standard InChI is InChI=1S/C27H24ClN3O8/c1-15-4-6-18(7-5-15)29-23(32)14-38-24-16(10-17(28)12-22(24)36-2)11-20-25(33)31(27(35)30-20)13-19-8-9-21(39-19)26(34)37-3/h4-12H,13-14H2,1-3H3,(H,29,32)(H,30,35)/b20-11+. The predicted molar refractivity (Wildman–Crippen MR) is 140 cm³/mol. The van der Waals surface area contributed by atoms with Gasteiger partial charge in [0.25, 0.3) is 11.8 Å². The van der Waals surface area contributed by atoms with Crippen molar-refractivity contribution in [2.45, 2.75) is 13.5 Å². The minimum atomic E-state index is -0.698. The maximum absolute atomic E-state index is 13.0. The predicted octanol–water partition coefficient (Wildman–Crippen LogP) is 4.15. The lowest BCUT2D eigenvalue weighted by molar-refractivity contribution is -0.123. The maximum Gasteiger partial charge on any atom is 0.373 e. The highest BCUT2D eigenvalue weighted by atomic mass is 35.5. The second kappa shape index (κ2) is 11.7. The molecule has 3 aromatic rings. The van der Waals surface area contributed by atoms with Gasteiger partial charge in [-0.1, -0.05) is 29.3 Å². The second-order valence-electron chi connectivity index (χ2n) is 8.37. The normalized spacial score (nSPS) is 13.8. The summed E-state index contributed by atoms with van der Waals surface area (Å²) in [5.41, 5.74) is 1.88. The highest BCUT2D eigenvalue weighted by Gasteiger charge is 2.35. The zero-order chi connectivity index (χ0) is 28.1. The molecular weight excluding hydrogens is 530 g/mol. The largest absolute Gasteiger partial charge is 0.493 e. The number of halogens is 1. The van der Waals surface area contributed by atoms with E-state index in [0.29, 0.717) is 11.3 Å². The molecular formula is C27H24ClN3O8. The van der Waals surface area contributed by atoms with Gasteiger partial charge in [0.1, 0.15) is 11.5 Å². The maximum atomic E-state index is 13.0. The Bertz CT molecular complexity index is 1460. The third kappa shape index (κ3) is 6.39. The number of carbonyl (C=O) groups excluding carboxylic acids is 4. The van der Waals surface area contributed by atoms with Gasteiger partial charge < -0.3 is 29.3 Å². The van der Waals surface area contributed by atoms with Gasteiger partial charge in [-0.2, -0.15) is 0 Å². The number of ether oxygens (including phenoxy) is 3. The lowest BCUT2D eigenvalue weighted by Gasteiger charge is -2.14. The highest BCUT2D eigenvalue weighted by Crippen LogP contribution is 2.36. The second-order valence-corrected chi connectivity index (χ2v) is 8.80. The molecule has 0 spiro atoms. The van der Waals surface area contributed by atoms with Gasteiger partial charge in [-0.05, 0) is 43.3 Å². The molecule has 39 heavy (non-hydrogen) atoms. The number of imide groups is 1. The summed E-state index contributed by atoms with van der Waals surface area (Å²) in [5, 5.41) is 5.50. The fraction of sp³-hybridized carbons (Fsp3) is 0.185. The number of hydrogen-bond acceptors (Lipinski definition) is 8. The Morgan fingerprint density at radius 3 is 2.54 bits per heavy atom. The van der Waals surface area contributed by atoms with Crippen molar-refractivity contribution in [3.63, 3.8) is 0 Å². The van der Waals surface area contributed by atoms with Gasteiger partial charge in [0.2, 0.25) is 5.76 Å². The Labute approximate surface area is 228 Å². The molecule has 12 heteroatoms. The first-order chi connectivity index (χ1) is 18.7. The monoisotopic (exact) mass is 553 g/mol. The van der Waals surface area contributed by atoms with Crippen molar-refractivity contribution in [2.75, 3.05) is 26.1 Å². The van der Waals surface area contributed by atoms with Crippen LogP contribution in [0.3, 0.4) is 0 Å². The number of aryl methyl sites for hydroxylation is 1. The molecule has 1 fully saturated rings. The number of nitrogens with zero attached hydrogens (tertiary/aromatic N) is 1. The van der Waals surface area contributed by atoms with E-state index in [1.807, 2.05) is 19.1 Å². The Balaban J connectivity index is 1.53. The van der Waals surface area contributed by atoms with E-state index in [4.69, 9.17) is 25.5 Å². The van der Waals surface area contributed by atoms with Crippen LogP contribution in [0.5, 0.6) is 11.5 Å². The van der Waals surface area contributed by atoms with Crippen LogP contribution in [-0.2, 0) is 20.9 Å². The topological polar surface area (TPSA) is 136 Å². The van der Waals surface area contributed by atoms with Gasteiger partial charge in [-0.25, -0.2) is 9.59 Å². The van der Waals surface area contributed by atoms with Gasteiger partial charge in [0, 0.05) is 22.3 Å². The zero-order valence-corrected chi connectivity index (χ0v) is 22.0. The number of esters is 1. The lowest BCUT2D eigenvalue weighted by atomic mass is 10.1. The molecule has 0 saturated carbocycles. The molecule has 0 radical (unpaired) electrons. The van der Waals surface area contributed by atoms with E-state index in [-0.39, 0.29) is 46.9 Å². The first kappa shape index (κ1) is 27.3. The zero-order valence-electron chi connectivity index (χ0n) is 21.2. The summed E-state index contributed by atoms with van der Waals surface area (Å²) in [5.74, 6) is -1.26. The first-order valence-corrected chi connectivity index (χ1v) is 11.9. The van der Waals surface area contributed by atoms with Crippen LogP contribution >= 0.6 is 11.6 Å². The number of methoxy groups -OCH3 is 2. The Hall–Kier alpha value is -4.77. The average molecular weight is 554 g/mol. The summed E-state index contributed by atoms with van der Waals surface area (Å²) >= 11 is 6.23. The molecule has 202 valence electrons. The molecule has 2 N–H and O–H groups in total. The molecule has 2 aromatic carbocycles. The van der Waals surface area contributed by atoms with E-state index in [1.165, 1.54) is 44.6 Å². The van der Waals surface area contributed by atoms with Crippen LogP contribution in [0.1, 0.15) is 27.4 Å². The van der Waals surface area contributed by atoms with E-state index in [1.54, 1.807) is 12.1 Å². The van der Waals surface area contributed by atoms with E-state index < -0.39 is 23.8 Å². The Morgan fingerprint density at radius 1 is 1.10 bits per heavy atom. The number of rotatable bonds is 9. The van der Waals surface area contributed by atoms with Crippen LogP contribution in [0.2, 0.25) is 5.02 Å². The van der Waals surface area contributed by atoms with E-state index in [0.717, 1.165) is 10.5 Å². The van der Waals surface area contributed by atoms with Gasteiger partial charge in [0.05, 0.1) is 20.8 Å². The molecule has 1 aliphatic heterocycles. The van der Waals surface area contributed by atoms with Crippen LogP contribution in [0, 0.1) is 6.92 Å². The molecule has 1 aromatic heterocycles. The van der Waals surface area contributed by atoms with Crippen molar-refractivity contribution < 1.29 is 37.8 Å². The quantitative estimate of drug-likeness (QED) is 0.229. The summed E-state index contributed by atoms with van der Waals surface area (Å²) in [6.07, 6.45) is 1.36. The molecule has 0 aliphatic carbocycles. The summed E-state index contributed by atoms with van der Waals surface area (Å²) in [6, 6.07) is 12.4. The van der Waals surface area contributed by atoms with Crippen LogP contribution < -0.4 is 20.1 Å². The molecule has 0 unspecified atom stereocenters. The Kier molecular flexibility index (Phi) is 8.21. The number of urea groups is 1. The van der Waals surface area contributed by atoms with Crippen molar-refractivity contribution in [3.8, 4) is 11.5 Å². The molecule has 4 rings (SSSR count). The summed E-state index contributed by atoms with van der Waals surface area (Å²) in [4.78, 5) is 50.6. The van der Waals surface area contributed by atoms with Gasteiger partial charge in [0.15, 0.2) is 18.1 Å². The van der Waals surface area contributed by atoms with E-state index in [2.05, 4.69) is 15.4 Å². The number of benzene rings is 2. The number of hydrogen-bond donors (Lipinski definition) is 2. The SMILES string of the molecule is COC(=O)c1ccc(CN2C(=O)N/C(=C/c3cc(Cl)cc(OC)c3OCC(=O)Nc3ccc(C)cc3)C2=O)o1. The smallest absolute Gasteiger partial charge is 0.373 e. The fourth-order valence-corrected chi connectivity index (χ4v) is 3.89. The number of furan rings is 1. The average Bonchev–Trinajstić information content (AvgIpc) is 3.49. The third-order valence-corrected chi connectivity index (χ3v) is 5.79. The molecule has 4 amide bonds. The highest BCUT2D eigenvalue weighted by molar-refractivity contribution is 6.31. The molecule has 11 nitrogen and oxygen atoms in total. The van der Waals surface area contributed by atoms with Gasteiger partial charge in [-0.3, -0.25) is 14.5 Å². The lowest BCUT2D eigenvalue weighted by Crippen LogP contribution is -2.30. The molecule has 1 saturated heterocycles. The first-order valence-electron chi connectivity index (χ1n) is 11.6. The summed E-state index contributed by atoms with van der Waals surface area (Å²) in [6.45, 7) is 1.35. The van der Waals surface area contributed by atoms with Crippen molar-refractivity contribution in [2.24, 2.45) is 0 Å². The van der Waals surface area contributed by atoms with Crippen LogP contribution in [0.4, 0.5) is 10.5 Å². The van der Waals surface area contributed by atoms with E-state index >= 15 is 0 Å². The summed E-state index contributed by atoms with van der Waals surface area (Å²) in [7, 11) is 2.61. The third-order valence-electron chi connectivity index (χ3n) is 5.58. The summed E-state index contributed by atoms with van der Waals surface area (Å²) < 4.78 is 21.1. The molecule has 2 heterocycles. The van der Waals surface area contributed by atoms with Gasteiger partial charge >= 0.3 is 12.0 Å². The van der Waals surface area contributed by atoms with Gasteiger partial charge in [-0.15, -0.1) is 0 Å². The Morgan fingerprint density at radius 2 is 1.85 bits per heavy atom. The van der Waals surface area contributed by atoms with Crippen molar-refractivity contribution in [3.05, 3.63) is 81.9 Å². The van der Waals surface area contributed by atoms with Crippen molar-refractivity contribution >= 4 is 47.2 Å². The molecule has 1 aliphatic rings. The molecule has 0 atom stereocenters. The minimum absolute atomic E-state index is 0.0606. The van der Waals surface area contributed by atoms with Crippen LogP contribution in [0.25, 0.3) is 6.08 Å². The minimum Gasteiger partial charge on any atom is -0.493 e. The van der Waals surface area contributed by atoms with Crippen molar-refractivity contribution in [1.82, 2.24) is 10.2 Å². The number of carbonyl (C=O) groups is 4. The number of amides is 4. The van der Waals surface area contributed by atoms with Crippen molar-refractivity contribution in [1.29, 1.82) is 0 Å². The number of nitrogens with one attached hydrogen (secondary N) is 2.